The fourth-order valence-electron chi connectivity index (χ4n) is 1.71. The highest BCUT2D eigenvalue weighted by molar-refractivity contribution is 7.15. The first-order valence-electron chi connectivity index (χ1n) is 5.41. The molecule has 0 aliphatic rings. The molecular formula is C12H10N4OS. The number of hydrogen-bond acceptors (Lipinski definition) is 4. The largest absolute Gasteiger partial charge is 0.361 e. The molecule has 3 aromatic rings. The third kappa shape index (κ3) is 1.98. The molecule has 0 fully saturated rings. The minimum atomic E-state index is -0.178. The van der Waals surface area contributed by atoms with Crippen molar-refractivity contribution in [2.75, 3.05) is 5.32 Å². The van der Waals surface area contributed by atoms with E-state index in [9.17, 15) is 4.79 Å². The summed E-state index contributed by atoms with van der Waals surface area (Å²) in [5.74, 6) is -0.178. The first-order chi connectivity index (χ1) is 8.72. The Bertz CT molecular complexity index is 716. The summed E-state index contributed by atoms with van der Waals surface area (Å²) in [6, 6.07) is 7.48. The summed E-state index contributed by atoms with van der Waals surface area (Å²) in [4.78, 5) is 15.1. The second-order valence-electron chi connectivity index (χ2n) is 3.86. The van der Waals surface area contributed by atoms with Crippen LogP contribution in [0.2, 0.25) is 0 Å². The Kier molecular flexibility index (Phi) is 2.56. The lowest BCUT2D eigenvalue weighted by molar-refractivity contribution is 0.102. The Morgan fingerprint density at radius 2 is 2.22 bits per heavy atom. The van der Waals surface area contributed by atoms with Gasteiger partial charge in [0.15, 0.2) is 0 Å². The van der Waals surface area contributed by atoms with Gasteiger partial charge >= 0.3 is 0 Å². The number of nitrogens with zero attached hydrogens (tertiary/aromatic N) is 2. The van der Waals surface area contributed by atoms with Crippen molar-refractivity contribution in [2.24, 2.45) is 0 Å². The van der Waals surface area contributed by atoms with Crippen molar-refractivity contribution >= 4 is 33.3 Å². The van der Waals surface area contributed by atoms with Crippen LogP contribution < -0.4 is 5.32 Å². The molecule has 0 saturated heterocycles. The van der Waals surface area contributed by atoms with E-state index in [1.165, 1.54) is 11.3 Å². The quantitative estimate of drug-likeness (QED) is 0.742. The predicted octanol–water partition coefficient (Wildman–Crippen LogP) is 2.58. The van der Waals surface area contributed by atoms with E-state index >= 15 is 0 Å². The van der Waals surface area contributed by atoms with Gasteiger partial charge in [0.2, 0.25) is 5.13 Å². The van der Waals surface area contributed by atoms with Gasteiger partial charge in [0.05, 0.1) is 0 Å². The Morgan fingerprint density at radius 3 is 3.00 bits per heavy atom. The van der Waals surface area contributed by atoms with Crippen molar-refractivity contribution in [3.8, 4) is 0 Å². The number of aryl methyl sites for hydroxylation is 1. The first kappa shape index (κ1) is 10.9. The van der Waals surface area contributed by atoms with E-state index in [4.69, 9.17) is 0 Å². The van der Waals surface area contributed by atoms with E-state index in [1.54, 1.807) is 6.07 Å². The topological polar surface area (TPSA) is 70.7 Å². The maximum atomic E-state index is 12.0. The smallest absolute Gasteiger partial charge is 0.257 e. The molecule has 6 heteroatoms. The molecule has 0 aliphatic carbocycles. The highest BCUT2D eigenvalue weighted by atomic mass is 32.1. The molecule has 0 unspecified atom stereocenters. The number of amides is 1. The highest BCUT2D eigenvalue weighted by Crippen LogP contribution is 2.17. The maximum Gasteiger partial charge on any atom is 0.257 e. The highest BCUT2D eigenvalue weighted by Gasteiger charge is 2.09. The molecule has 2 N–H and O–H groups in total. The van der Waals surface area contributed by atoms with Crippen LogP contribution in [-0.4, -0.2) is 21.1 Å². The van der Waals surface area contributed by atoms with Crippen molar-refractivity contribution < 1.29 is 4.79 Å². The zero-order valence-corrected chi connectivity index (χ0v) is 10.4. The zero-order chi connectivity index (χ0) is 12.5. The van der Waals surface area contributed by atoms with E-state index in [0.717, 1.165) is 15.9 Å². The summed E-state index contributed by atoms with van der Waals surface area (Å²) in [5, 5.41) is 12.9. The fourth-order valence-corrected chi connectivity index (χ4v) is 2.29. The van der Waals surface area contributed by atoms with Gasteiger partial charge in [-0.05, 0) is 30.5 Å². The number of carbonyl (C=O) groups excluding carboxylic acids is 1. The molecule has 0 saturated carbocycles. The summed E-state index contributed by atoms with van der Waals surface area (Å²) < 4.78 is 0. The third-order valence-electron chi connectivity index (χ3n) is 2.56. The number of rotatable bonds is 2. The van der Waals surface area contributed by atoms with Crippen LogP contribution in [0.4, 0.5) is 5.13 Å². The van der Waals surface area contributed by atoms with Gasteiger partial charge in [0.25, 0.3) is 5.91 Å². The molecule has 0 aliphatic heterocycles. The number of aromatic nitrogens is 3. The third-order valence-corrected chi connectivity index (χ3v) is 3.32. The van der Waals surface area contributed by atoms with Gasteiger partial charge in [0.1, 0.15) is 5.01 Å². The van der Waals surface area contributed by atoms with E-state index in [0.29, 0.717) is 10.7 Å². The number of aromatic amines is 1. The molecule has 5 nitrogen and oxygen atoms in total. The van der Waals surface area contributed by atoms with Crippen LogP contribution in [0.5, 0.6) is 0 Å². The second kappa shape index (κ2) is 4.23. The van der Waals surface area contributed by atoms with Gasteiger partial charge in [-0.15, -0.1) is 10.2 Å². The van der Waals surface area contributed by atoms with Crippen LogP contribution in [0.3, 0.4) is 0 Å². The molecule has 0 spiro atoms. The number of H-pyrrole nitrogens is 1. The Morgan fingerprint density at radius 1 is 1.33 bits per heavy atom. The van der Waals surface area contributed by atoms with Gasteiger partial charge in [0, 0.05) is 17.3 Å². The predicted molar refractivity (Wildman–Crippen MR) is 70.9 cm³/mol. The van der Waals surface area contributed by atoms with Crippen molar-refractivity contribution in [1.82, 2.24) is 15.2 Å². The summed E-state index contributed by atoms with van der Waals surface area (Å²) in [6.45, 7) is 1.85. The van der Waals surface area contributed by atoms with Gasteiger partial charge in [-0.3, -0.25) is 10.1 Å². The summed E-state index contributed by atoms with van der Waals surface area (Å²) in [6.07, 6.45) is 1.85. The van der Waals surface area contributed by atoms with Crippen molar-refractivity contribution in [2.45, 2.75) is 6.92 Å². The normalized spacial score (nSPS) is 10.7. The Labute approximate surface area is 107 Å². The lowest BCUT2D eigenvalue weighted by atomic mass is 10.1. The molecule has 90 valence electrons. The van der Waals surface area contributed by atoms with Crippen LogP contribution in [-0.2, 0) is 0 Å². The number of fused-ring (bicyclic) bond motifs is 1. The first-order valence-corrected chi connectivity index (χ1v) is 6.22. The molecule has 0 bridgehead atoms. The van der Waals surface area contributed by atoms with Crippen LogP contribution in [0.15, 0.2) is 30.5 Å². The molecule has 2 aromatic heterocycles. The van der Waals surface area contributed by atoms with E-state index < -0.39 is 0 Å². The van der Waals surface area contributed by atoms with Gasteiger partial charge in [-0.1, -0.05) is 17.4 Å². The molecule has 0 atom stereocenters. The van der Waals surface area contributed by atoms with Gasteiger partial charge < -0.3 is 4.98 Å². The summed E-state index contributed by atoms with van der Waals surface area (Å²) in [7, 11) is 0. The van der Waals surface area contributed by atoms with Gasteiger partial charge in [-0.25, -0.2) is 0 Å². The monoisotopic (exact) mass is 258 g/mol. The summed E-state index contributed by atoms with van der Waals surface area (Å²) >= 11 is 1.35. The fraction of sp³-hybridized carbons (Fsp3) is 0.0833. The van der Waals surface area contributed by atoms with Crippen LogP contribution in [0.1, 0.15) is 15.4 Å². The van der Waals surface area contributed by atoms with Crippen molar-refractivity contribution in [3.05, 3.63) is 41.0 Å². The standard InChI is InChI=1S/C12H10N4OS/c1-7-15-16-12(18-7)14-11(17)9-3-2-8-4-5-13-10(8)6-9/h2-6,13H,1H3,(H,14,16,17). The lowest BCUT2D eigenvalue weighted by Gasteiger charge is -2.01. The summed E-state index contributed by atoms with van der Waals surface area (Å²) in [5.41, 5.74) is 1.54. The minimum absolute atomic E-state index is 0.178. The SMILES string of the molecule is Cc1nnc(NC(=O)c2ccc3cc[nH]c3c2)s1. The van der Waals surface area contributed by atoms with Gasteiger partial charge in [-0.2, -0.15) is 0 Å². The average molecular weight is 258 g/mol. The lowest BCUT2D eigenvalue weighted by Crippen LogP contribution is -2.11. The number of carbonyl (C=O) groups is 1. The second-order valence-corrected chi connectivity index (χ2v) is 5.04. The van der Waals surface area contributed by atoms with E-state index in [1.807, 2.05) is 31.3 Å². The number of benzene rings is 1. The number of nitrogens with one attached hydrogen (secondary N) is 2. The molecule has 1 aromatic carbocycles. The number of anilines is 1. The minimum Gasteiger partial charge on any atom is -0.361 e. The molecule has 2 heterocycles. The Hall–Kier alpha value is -2.21. The number of hydrogen-bond donors (Lipinski definition) is 2. The van der Waals surface area contributed by atoms with E-state index in [-0.39, 0.29) is 5.91 Å². The molecule has 3 rings (SSSR count). The molecular weight excluding hydrogens is 248 g/mol. The molecule has 1 amide bonds. The van der Waals surface area contributed by atoms with Crippen molar-refractivity contribution in [3.63, 3.8) is 0 Å². The van der Waals surface area contributed by atoms with Crippen LogP contribution in [0.25, 0.3) is 10.9 Å². The molecule has 18 heavy (non-hydrogen) atoms. The van der Waals surface area contributed by atoms with Crippen molar-refractivity contribution in [1.29, 1.82) is 0 Å². The van der Waals surface area contributed by atoms with Crippen LogP contribution in [0, 0.1) is 6.92 Å². The average Bonchev–Trinajstić information content (AvgIpc) is 2.96. The van der Waals surface area contributed by atoms with E-state index in [2.05, 4.69) is 20.5 Å². The Balaban J connectivity index is 1.87. The maximum absolute atomic E-state index is 12.0. The zero-order valence-electron chi connectivity index (χ0n) is 9.60. The molecule has 0 radical (unpaired) electrons. The van der Waals surface area contributed by atoms with Crippen LogP contribution >= 0.6 is 11.3 Å².